The van der Waals surface area contributed by atoms with Gasteiger partial charge in [0, 0.05) is 21.7 Å². The van der Waals surface area contributed by atoms with E-state index in [2.05, 4.69) is 37.2 Å². The van der Waals surface area contributed by atoms with Gasteiger partial charge in [-0.25, -0.2) is 0 Å². The van der Waals surface area contributed by atoms with E-state index in [-0.39, 0.29) is 0 Å². The predicted molar refractivity (Wildman–Crippen MR) is 128 cm³/mol. The molecule has 0 aromatic heterocycles. The van der Waals surface area contributed by atoms with Gasteiger partial charge in [-0.1, -0.05) is 35.3 Å². The van der Waals surface area contributed by atoms with E-state index in [1.807, 2.05) is 61.5 Å². The summed E-state index contributed by atoms with van der Waals surface area (Å²) in [4.78, 5) is 0. The standard InChI is InChI=1S/C22H19Br2Cl2NO2/c1-2-28-21-10-15(12-27-17-7-8-18(23)20(26)11-17)9-19(24)22(21)29-13-14-3-5-16(25)6-4-14/h3-11,27H,2,12-13H2,1H3. The zero-order valence-corrected chi connectivity index (χ0v) is 20.3. The maximum atomic E-state index is 6.16. The number of hydrogen-bond donors (Lipinski definition) is 1. The Hall–Kier alpha value is -1.40. The Kier molecular flexibility index (Phi) is 8.13. The molecule has 0 saturated carbocycles. The first kappa shape index (κ1) is 22.3. The summed E-state index contributed by atoms with van der Waals surface area (Å²) >= 11 is 19.1. The molecule has 0 aliphatic rings. The van der Waals surface area contributed by atoms with Crippen molar-refractivity contribution in [1.29, 1.82) is 0 Å². The fourth-order valence-electron chi connectivity index (χ4n) is 2.67. The van der Waals surface area contributed by atoms with Crippen LogP contribution < -0.4 is 14.8 Å². The Morgan fingerprint density at radius 3 is 2.31 bits per heavy atom. The van der Waals surface area contributed by atoms with Gasteiger partial charge in [0.15, 0.2) is 11.5 Å². The molecule has 0 heterocycles. The minimum Gasteiger partial charge on any atom is -0.490 e. The average Bonchev–Trinajstić information content (AvgIpc) is 2.70. The number of nitrogens with one attached hydrogen (secondary N) is 1. The molecule has 0 atom stereocenters. The monoisotopic (exact) mass is 557 g/mol. The van der Waals surface area contributed by atoms with E-state index in [0.29, 0.717) is 41.3 Å². The van der Waals surface area contributed by atoms with Crippen molar-refractivity contribution in [3.63, 3.8) is 0 Å². The molecule has 0 spiro atoms. The maximum absolute atomic E-state index is 6.16. The van der Waals surface area contributed by atoms with Crippen molar-refractivity contribution in [2.24, 2.45) is 0 Å². The van der Waals surface area contributed by atoms with Crippen molar-refractivity contribution in [2.75, 3.05) is 11.9 Å². The van der Waals surface area contributed by atoms with Gasteiger partial charge in [-0.2, -0.15) is 0 Å². The summed E-state index contributed by atoms with van der Waals surface area (Å²) in [5.41, 5.74) is 3.02. The van der Waals surface area contributed by atoms with E-state index < -0.39 is 0 Å². The molecule has 0 unspecified atom stereocenters. The number of halogens is 4. The molecule has 0 saturated heterocycles. The molecular weight excluding hydrogens is 541 g/mol. The third kappa shape index (κ3) is 6.29. The summed E-state index contributed by atoms with van der Waals surface area (Å²) in [7, 11) is 0. The van der Waals surface area contributed by atoms with Gasteiger partial charge in [0.1, 0.15) is 6.61 Å². The lowest BCUT2D eigenvalue weighted by atomic mass is 10.2. The second kappa shape index (κ2) is 10.6. The Morgan fingerprint density at radius 2 is 1.62 bits per heavy atom. The Morgan fingerprint density at radius 1 is 0.862 bits per heavy atom. The van der Waals surface area contributed by atoms with E-state index in [9.17, 15) is 0 Å². The molecule has 152 valence electrons. The number of hydrogen-bond acceptors (Lipinski definition) is 3. The van der Waals surface area contributed by atoms with Crippen LogP contribution in [0.5, 0.6) is 11.5 Å². The second-order valence-corrected chi connectivity index (χ2v) is 8.79. The molecular formula is C22H19Br2Cl2NO2. The largest absolute Gasteiger partial charge is 0.490 e. The van der Waals surface area contributed by atoms with E-state index in [0.717, 1.165) is 25.8 Å². The van der Waals surface area contributed by atoms with Crippen LogP contribution in [0.3, 0.4) is 0 Å². The quantitative estimate of drug-likeness (QED) is 0.302. The molecule has 1 N–H and O–H groups in total. The fourth-order valence-corrected chi connectivity index (χ4v) is 3.83. The Labute approximate surface area is 197 Å². The normalized spacial score (nSPS) is 10.7. The van der Waals surface area contributed by atoms with Crippen LogP contribution in [0.1, 0.15) is 18.1 Å². The number of anilines is 1. The highest BCUT2D eigenvalue weighted by Gasteiger charge is 2.13. The number of rotatable bonds is 8. The zero-order chi connectivity index (χ0) is 20.8. The summed E-state index contributed by atoms with van der Waals surface area (Å²) in [6, 6.07) is 17.4. The molecule has 29 heavy (non-hydrogen) atoms. The summed E-state index contributed by atoms with van der Waals surface area (Å²) < 4.78 is 13.6. The number of benzene rings is 3. The first-order valence-electron chi connectivity index (χ1n) is 8.97. The van der Waals surface area contributed by atoms with Crippen molar-refractivity contribution in [3.8, 4) is 11.5 Å². The average molecular weight is 560 g/mol. The molecule has 0 aliphatic carbocycles. The van der Waals surface area contributed by atoms with Crippen LogP contribution in [0, 0.1) is 0 Å². The molecule has 0 radical (unpaired) electrons. The van der Waals surface area contributed by atoms with E-state index in [4.69, 9.17) is 32.7 Å². The molecule has 3 aromatic rings. The second-order valence-electron chi connectivity index (χ2n) is 6.24. The lowest BCUT2D eigenvalue weighted by Crippen LogP contribution is -2.04. The highest BCUT2D eigenvalue weighted by atomic mass is 79.9. The van der Waals surface area contributed by atoms with E-state index in [1.54, 1.807) is 0 Å². The van der Waals surface area contributed by atoms with Crippen molar-refractivity contribution in [3.05, 3.63) is 84.7 Å². The van der Waals surface area contributed by atoms with Crippen LogP contribution >= 0.6 is 55.1 Å². The predicted octanol–water partition coefficient (Wildman–Crippen LogP) is 8.11. The van der Waals surface area contributed by atoms with Crippen LogP contribution in [0.15, 0.2) is 63.5 Å². The summed E-state index contributed by atoms with van der Waals surface area (Å²) in [6.45, 7) is 3.54. The fraction of sp³-hybridized carbons (Fsp3) is 0.182. The SMILES string of the molecule is CCOc1cc(CNc2ccc(Br)c(Cl)c2)cc(Br)c1OCc1ccc(Cl)cc1. The maximum Gasteiger partial charge on any atom is 0.175 e. The first-order valence-corrected chi connectivity index (χ1v) is 11.3. The van der Waals surface area contributed by atoms with Crippen LogP contribution in [0.25, 0.3) is 0 Å². The molecule has 0 bridgehead atoms. The zero-order valence-electron chi connectivity index (χ0n) is 15.6. The van der Waals surface area contributed by atoms with Gasteiger partial charge in [0.25, 0.3) is 0 Å². The minimum absolute atomic E-state index is 0.421. The molecule has 3 rings (SSSR count). The lowest BCUT2D eigenvalue weighted by Gasteiger charge is -2.16. The van der Waals surface area contributed by atoms with Crippen molar-refractivity contribution >= 4 is 60.7 Å². The van der Waals surface area contributed by atoms with Crippen LogP contribution in [-0.2, 0) is 13.2 Å². The first-order chi connectivity index (χ1) is 14.0. The molecule has 3 aromatic carbocycles. The van der Waals surface area contributed by atoms with Crippen molar-refractivity contribution < 1.29 is 9.47 Å². The smallest absolute Gasteiger partial charge is 0.175 e. The van der Waals surface area contributed by atoms with Crippen LogP contribution in [-0.4, -0.2) is 6.61 Å². The highest BCUT2D eigenvalue weighted by Crippen LogP contribution is 2.38. The molecule has 0 fully saturated rings. The summed E-state index contributed by atoms with van der Waals surface area (Å²) in [5, 5.41) is 4.74. The third-order valence-corrected chi connectivity index (χ3v) is 6.16. The van der Waals surface area contributed by atoms with Gasteiger partial charge in [0.2, 0.25) is 0 Å². The Balaban J connectivity index is 1.74. The molecule has 3 nitrogen and oxygen atoms in total. The van der Waals surface area contributed by atoms with Crippen molar-refractivity contribution in [1.82, 2.24) is 0 Å². The van der Waals surface area contributed by atoms with Crippen molar-refractivity contribution in [2.45, 2.75) is 20.1 Å². The van der Waals surface area contributed by atoms with E-state index in [1.165, 1.54) is 0 Å². The van der Waals surface area contributed by atoms with Gasteiger partial charge in [-0.3, -0.25) is 0 Å². The number of ether oxygens (including phenoxy) is 2. The van der Waals surface area contributed by atoms with Gasteiger partial charge < -0.3 is 14.8 Å². The van der Waals surface area contributed by atoms with Gasteiger partial charge in [0.05, 0.1) is 16.1 Å². The van der Waals surface area contributed by atoms with Crippen LogP contribution in [0.2, 0.25) is 10.0 Å². The summed E-state index contributed by atoms with van der Waals surface area (Å²) in [5.74, 6) is 1.37. The molecule has 7 heteroatoms. The van der Waals surface area contributed by atoms with Gasteiger partial charge >= 0.3 is 0 Å². The minimum atomic E-state index is 0.421. The van der Waals surface area contributed by atoms with E-state index >= 15 is 0 Å². The Bertz CT molecular complexity index is 981. The van der Waals surface area contributed by atoms with Gasteiger partial charge in [-0.05, 0) is 92.4 Å². The molecule has 0 aliphatic heterocycles. The summed E-state index contributed by atoms with van der Waals surface area (Å²) in [6.07, 6.45) is 0. The third-order valence-electron chi connectivity index (χ3n) is 4.08. The van der Waals surface area contributed by atoms with Gasteiger partial charge in [-0.15, -0.1) is 0 Å². The topological polar surface area (TPSA) is 30.5 Å². The lowest BCUT2D eigenvalue weighted by molar-refractivity contribution is 0.267. The highest BCUT2D eigenvalue weighted by molar-refractivity contribution is 9.10. The molecule has 0 amide bonds. The van der Waals surface area contributed by atoms with Crippen LogP contribution in [0.4, 0.5) is 5.69 Å².